The van der Waals surface area contributed by atoms with Gasteiger partial charge >= 0.3 is 0 Å². The van der Waals surface area contributed by atoms with Gasteiger partial charge in [-0.25, -0.2) is 0 Å². The molecule has 0 saturated heterocycles. The van der Waals surface area contributed by atoms with Gasteiger partial charge in [-0.1, -0.05) is 25.5 Å². The number of ketones is 1. The predicted octanol–water partition coefficient (Wildman–Crippen LogP) is 5.71. The van der Waals surface area contributed by atoms with E-state index in [2.05, 4.69) is 32.6 Å². The molecule has 0 amide bonds. The van der Waals surface area contributed by atoms with Gasteiger partial charge in [0.1, 0.15) is 0 Å². The minimum absolute atomic E-state index is 0.0909. The molecular formula is C25H33NO. The van der Waals surface area contributed by atoms with Crippen molar-refractivity contribution in [3.8, 4) is 6.07 Å². The SMILES string of the molecule is C=C[C@H]1CC2=CC(=O)CC[C@@H]2[C@H]2CC[C@@]3(CC)[C@@H]([C@@H]4C[C@@H]4C3(C#N)CC)[C@@H]21. The van der Waals surface area contributed by atoms with E-state index in [1.54, 1.807) is 0 Å². The van der Waals surface area contributed by atoms with Crippen LogP contribution in [-0.4, -0.2) is 5.78 Å². The van der Waals surface area contributed by atoms with Crippen LogP contribution in [0.25, 0.3) is 0 Å². The molecule has 144 valence electrons. The van der Waals surface area contributed by atoms with E-state index in [1.165, 1.54) is 24.8 Å². The Hall–Kier alpha value is -1.36. The zero-order valence-corrected chi connectivity index (χ0v) is 16.9. The van der Waals surface area contributed by atoms with Crippen molar-refractivity contribution in [3.05, 3.63) is 24.3 Å². The van der Waals surface area contributed by atoms with Crippen LogP contribution in [0.15, 0.2) is 24.3 Å². The summed E-state index contributed by atoms with van der Waals surface area (Å²) in [6.45, 7) is 8.86. The zero-order chi connectivity index (χ0) is 19.0. The summed E-state index contributed by atoms with van der Waals surface area (Å²) in [6, 6.07) is 2.92. The van der Waals surface area contributed by atoms with Crippen molar-refractivity contribution >= 4 is 5.78 Å². The third kappa shape index (κ3) is 1.99. The van der Waals surface area contributed by atoms with Gasteiger partial charge in [0.2, 0.25) is 0 Å². The number of rotatable bonds is 3. The van der Waals surface area contributed by atoms with Crippen molar-refractivity contribution in [2.24, 2.45) is 52.3 Å². The molecule has 0 N–H and O–H groups in total. The van der Waals surface area contributed by atoms with Crippen LogP contribution in [0, 0.1) is 63.6 Å². The fourth-order valence-electron chi connectivity index (χ4n) is 9.07. The molecule has 0 aromatic heterocycles. The second-order valence-electron chi connectivity index (χ2n) is 10.2. The smallest absolute Gasteiger partial charge is 0.155 e. The highest BCUT2D eigenvalue weighted by atomic mass is 16.1. The lowest BCUT2D eigenvalue weighted by molar-refractivity contribution is -0.117. The Bertz CT molecular complexity index is 759. The summed E-state index contributed by atoms with van der Waals surface area (Å²) >= 11 is 0. The maximum atomic E-state index is 12.0. The Morgan fingerprint density at radius 1 is 1.30 bits per heavy atom. The first-order valence-corrected chi connectivity index (χ1v) is 11.3. The van der Waals surface area contributed by atoms with Crippen LogP contribution in [0.2, 0.25) is 0 Å². The van der Waals surface area contributed by atoms with Crippen LogP contribution in [0.5, 0.6) is 0 Å². The molecule has 5 aliphatic rings. The Kier molecular flexibility index (Phi) is 3.82. The third-order valence-corrected chi connectivity index (χ3v) is 9.99. The first kappa shape index (κ1) is 17.7. The molecule has 9 atom stereocenters. The summed E-state index contributed by atoms with van der Waals surface area (Å²) < 4.78 is 0. The second-order valence-corrected chi connectivity index (χ2v) is 10.2. The van der Waals surface area contributed by atoms with Crippen LogP contribution < -0.4 is 0 Å². The number of nitriles is 1. The molecule has 0 aromatic carbocycles. The number of hydrogen-bond donors (Lipinski definition) is 0. The summed E-state index contributed by atoms with van der Waals surface area (Å²) in [4.78, 5) is 12.0. The van der Waals surface area contributed by atoms with Crippen molar-refractivity contribution < 1.29 is 4.79 Å². The van der Waals surface area contributed by atoms with E-state index < -0.39 is 0 Å². The van der Waals surface area contributed by atoms with Crippen LogP contribution in [0.1, 0.15) is 65.2 Å². The second kappa shape index (κ2) is 5.82. The van der Waals surface area contributed by atoms with Gasteiger partial charge in [-0.05, 0) is 97.9 Å². The number of hydrogen-bond acceptors (Lipinski definition) is 2. The van der Waals surface area contributed by atoms with Gasteiger partial charge in [-0.3, -0.25) is 4.79 Å². The van der Waals surface area contributed by atoms with Crippen molar-refractivity contribution in [1.29, 1.82) is 5.26 Å². The van der Waals surface area contributed by atoms with E-state index in [0.717, 1.165) is 38.0 Å². The molecule has 5 rings (SSSR count). The van der Waals surface area contributed by atoms with Crippen molar-refractivity contribution in [1.82, 2.24) is 0 Å². The fraction of sp³-hybridized carbons (Fsp3) is 0.760. The molecule has 2 heteroatoms. The molecular weight excluding hydrogens is 330 g/mol. The normalized spacial score (nSPS) is 52.6. The minimum Gasteiger partial charge on any atom is -0.295 e. The Morgan fingerprint density at radius 2 is 2.11 bits per heavy atom. The Morgan fingerprint density at radius 3 is 2.78 bits per heavy atom. The van der Waals surface area contributed by atoms with Crippen molar-refractivity contribution in [2.45, 2.75) is 65.2 Å². The summed E-state index contributed by atoms with van der Waals surface area (Å²) in [6.07, 6.45) is 13.0. The van der Waals surface area contributed by atoms with Gasteiger partial charge in [0.15, 0.2) is 5.78 Å². The highest BCUT2D eigenvalue weighted by Gasteiger charge is 2.77. The first-order chi connectivity index (χ1) is 13.1. The maximum Gasteiger partial charge on any atom is 0.155 e. The summed E-state index contributed by atoms with van der Waals surface area (Å²) in [7, 11) is 0. The molecule has 4 saturated carbocycles. The maximum absolute atomic E-state index is 12.0. The lowest BCUT2D eigenvalue weighted by Gasteiger charge is -2.60. The number of carbonyl (C=O) groups is 1. The van der Waals surface area contributed by atoms with Crippen LogP contribution in [0.3, 0.4) is 0 Å². The number of carbonyl (C=O) groups excluding carboxylic acids is 1. The third-order valence-electron chi connectivity index (χ3n) is 9.99. The lowest BCUT2D eigenvalue weighted by Crippen LogP contribution is -2.54. The molecule has 0 radical (unpaired) electrons. The average molecular weight is 364 g/mol. The van der Waals surface area contributed by atoms with Crippen molar-refractivity contribution in [2.75, 3.05) is 0 Å². The van der Waals surface area contributed by atoms with E-state index in [9.17, 15) is 10.1 Å². The lowest BCUT2D eigenvalue weighted by atomic mass is 9.44. The highest BCUT2D eigenvalue weighted by Crippen LogP contribution is 2.81. The van der Waals surface area contributed by atoms with Gasteiger partial charge in [0.05, 0.1) is 11.5 Å². The molecule has 27 heavy (non-hydrogen) atoms. The van der Waals surface area contributed by atoms with Gasteiger partial charge in [-0.2, -0.15) is 5.26 Å². The summed E-state index contributed by atoms with van der Waals surface area (Å²) in [5.41, 5.74) is 1.55. The van der Waals surface area contributed by atoms with E-state index in [-0.39, 0.29) is 10.8 Å². The topological polar surface area (TPSA) is 40.9 Å². The minimum atomic E-state index is -0.0909. The van der Waals surface area contributed by atoms with Gasteiger partial charge in [0, 0.05) is 6.42 Å². The van der Waals surface area contributed by atoms with Gasteiger partial charge < -0.3 is 0 Å². The fourth-order valence-corrected chi connectivity index (χ4v) is 9.07. The van der Waals surface area contributed by atoms with Crippen LogP contribution in [-0.2, 0) is 4.79 Å². The molecule has 0 bridgehead atoms. The monoisotopic (exact) mass is 363 g/mol. The molecule has 4 fully saturated rings. The van der Waals surface area contributed by atoms with E-state index in [4.69, 9.17) is 0 Å². The Labute approximate surface area is 164 Å². The molecule has 0 spiro atoms. The Balaban J connectivity index is 1.60. The highest BCUT2D eigenvalue weighted by molar-refractivity contribution is 5.91. The quantitative estimate of drug-likeness (QED) is 0.603. The molecule has 0 aromatic rings. The number of nitrogens with zero attached hydrogens (tertiary/aromatic N) is 1. The van der Waals surface area contributed by atoms with E-state index >= 15 is 0 Å². The average Bonchev–Trinajstić information content (AvgIpc) is 3.44. The predicted molar refractivity (Wildman–Crippen MR) is 106 cm³/mol. The molecule has 0 aliphatic heterocycles. The standard InChI is InChI=1S/C25H33NO/c1-4-15-11-16-12-17(27)7-8-18(16)19-9-10-24(5-2)23(22(15)19)20-13-21(20)25(24,6-3)14-26/h4,12,15,18-23H,1,5-11,13H2,2-3H3/t15-,18-,19+,20+,21-,22+,23-,24-,25?/m0/s1. The molecule has 0 heterocycles. The summed E-state index contributed by atoms with van der Waals surface area (Å²) in [5, 5.41) is 10.4. The summed E-state index contributed by atoms with van der Waals surface area (Å²) in [5.74, 6) is 4.96. The first-order valence-electron chi connectivity index (χ1n) is 11.3. The number of allylic oxidation sites excluding steroid dienone is 2. The molecule has 5 aliphatic carbocycles. The van der Waals surface area contributed by atoms with Gasteiger partial charge in [-0.15, -0.1) is 6.58 Å². The van der Waals surface area contributed by atoms with Crippen LogP contribution >= 0.6 is 0 Å². The van der Waals surface area contributed by atoms with Crippen molar-refractivity contribution in [3.63, 3.8) is 0 Å². The van der Waals surface area contributed by atoms with E-state index in [0.29, 0.717) is 41.3 Å². The van der Waals surface area contributed by atoms with Crippen LogP contribution in [0.4, 0.5) is 0 Å². The number of fused-ring (bicyclic) bond motifs is 7. The molecule has 2 nitrogen and oxygen atoms in total. The van der Waals surface area contributed by atoms with Gasteiger partial charge in [0.25, 0.3) is 0 Å². The molecule has 1 unspecified atom stereocenters. The zero-order valence-electron chi connectivity index (χ0n) is 16.9. The van der Waals surface area contributed by atoms with E-state index in [1.807, 2.05) is 6.08 Å². The largest absolute Gasteiger partial charge is 0.295 e.